The number of sulfone groups is 1. The first kappa shape index (κ1) is 29.4. The zero-order valence-corrected chi connectivity index (χ0v) is 28.0. The Morgan fingerprint density at radius 1 is 0.314 bits per heavy atom. The second-order valence-electron chi connectivity index (χ2n) is 12.8. The molecule has 0 saturated heterocycles. The highest BCUT2D eigenvalue weighted by Gasteiger charge is 2.34. The largest absolute Gasteiger partial charge is 0.218 e. The van der Waals surface area contributed by atoms with Gasteiger partial charge < -0.3 is 0 Å². The van der Waals surface area contributed by atoms with Gasteiger partial charge in [0.05, 0.1) is 9.79 Å². The number of hydrogen-bond acceptors (Lipinski definition) is 5. The van der Waals surface area contributed by atoms with E-state index in [2.05, 4.69) is 66.7 Å². The zero-order valence-electron chi connectivity index (χ0n) is 27.2. The Bertz CT molecular complexity index is 2890. The van der Waals surface area contributed by atoms with Crippen LogP contribution in [0, 0.1) is 0 Å². The maximum absolute atomic E-state index is 14.3. The minimum Gasteiger partial charge on any atom is -0.218 e. The van der Waals surface area contributed by atoms with Crippen LogP contribution in [-0.4, -0.2) is 23.4 Å². The molecular weight excluding hydrogens is 647 g/mol. The van der Waals surface area contributed by atoms with E-state index in [9.17, 15) is 8.42 Å². The second-order valence-corrected chi connectivity index (χ2v) is 14.7. The molecule has 0 saturated carbocycles. The van der Waals surface area contributed by atoms with Crippen molar-refractivity contribution in [3.8, 4) is 56.4 Å². The molecule has 0 bridgehead atoms. The molecule has 51 heavy (non-hydrogen) atoms. The van der Waals surface area contributed by atoms with E-state index in [0.29, 0.717) is 39.1 Å². The fraction of sp³-hybridized carbons (Fsp3) is 0. The smallest absolute Gasteiger partial charge is 0.207 e. The lowest BCUT2D eigenvalue weighted by Gasteiger charge is -2.12. The van der Waals surface area contributed by atoms with Crippen LogP contribution in [0.15, 0.2) is 174 Å². The van der Waals surface area contributed by atoms with Crippen LogP contribution in [0.1, 0.15) is 0 Å². The van der Waals surface area contributed by atoms with Gasteiger partial charge in [-0.1, -0.05) is 146 Å². The van der Waals surface area contributed by atoms with Gasteiger partial charge in [0.25, 0.3) is 0 Å². The summed E-state index contributed by atoms with van der Waals surface area (Å²) in [6.07, 6.45) is 0. The Balaban J connectivity index is 1.08. The van der Waals surface area contributed by atoms with E-state index in [1.54, 1.807) is 6.07 Å². The Morgan fingerprint density at radius 3 is 1.22 bits per heavy atom. The average Bonchev–Trinajstić information content (AvgIpc) is 3.43. The van der Waals surface area contributed by atoms with Crippen LogP contribution in [0.4, 0.5) is 0 Å². The van der Waals surface area contributed by atoms with Crippen LogP contribution < -0.4 is 0 Å². The molecule has 1 aromatic heterocycles. The standard InChI is InChI=1S/C45H27N3O2S/c49-51(50)41-26-31(30-19-22-37-35-17-8-7-15-33(35)34-16-9-10-18-36(34)40(37)25-30)20-23-38(41)39-24-21-32(27-42(39)51)45-47-43(28-11-3-1-4-12-28)46-44(48-45)29-13-5-2-6-14-29/h1-27H. The first-order valence-corrected chi connectivity index (χ1v) is 18.3. The van der Waals surface area contributed by atoms with Crippen molar-refractivity contribution in [1.82, 2.24) is 15.0 Å². The van der Waals surface area contributed by atoms with E-state index >= 15 is 0 Å². The average molecular weight is 674 g/mol. The molecule has 0 atom stereocenters. The molecule has 0 amide bonds. The van der Waals surface area contributed by atoms with E-state index in [-0.39, 0.29) is 4.90 Å². The zero-order chi connectivity index (χ0) is 34.1. The van der Waals surface area contributed by atoms with Crippen LogP contribution >= 0.6 is 0 Å². The molecule has 0 fully saturated rings. The number of benzene rings is 8. The Labute approximate surface area is 294 Å². The van der Waals surface area contributed by atoms with Crippen molar-refractivity contribution in [2.75, 3.05) is 0 Å². The third-order valence-corrected chi connectivity index (χ3v) is 11.7. The van der Waals surface area contributed by atoms with Crippen molar-refractivity contribution in [2.24, 2.45) is 0 Å². The third-order valence-electron chi connectivity index (χ3n) is 9.87. The predicted molar refractivity (Wildman–Crippen MR) is 205 cm³/mol. The van der Waals surface area contributed by atoms with Crippen molar-refractivity contribution in [1.29, 1.82) is 0 Å². The number of fused-ring (bicyclic) bond motifs is 9. The highest BCUT2D eigenvalue weighted by atomic mass is 32.2. The van der Waals surface area contributed by atoms with Crippen LogP contribution in [-0.2, 0) is 9.84 Å². The summed E-state index contributed by atoms with van der Waals surface area (Å²) in [7, 11) is -3.83. The Morgan fingerprint density at radius 2 is 0.686 bits per heavy atom. The fourth-order valence-electron chi connectivity index (χ4n) is 7.40. The van der Waals surface area contributed by atoms with Crippen molar-refractivity contribution >= 4 is 42.2 Å². The molecule has 0 radical (unpaired) electrons. The number of rotatable bonds is 4. The maximum Gasteiger partial charge on any atom is 0.207 e. The number of aromatic nitrogens is 3. The summed E-state index contributed by atoms with van der Waals surface area (Å²) in [6.45, 7) is 0. The van der Waals surface area contributed by atoms with E-state index in [0.717, 1.165) is 27.6 Å². The molecule has 1 aliphatic heterocycles. The van der Waals surface area contributed by atoms with Crippen molar-refractivity contribution in [2.45, 2.75) is 9.79 Å². The summed E-state index contributed by atoms with van der Waals surface area (Å²) in [4.78, 5) is 15.0. The summed E-state index contributed by atoms with van der Waals surface area (Å²) in [5.74, 6) is 1.45. The summed E-state index contributed by atoms with van der Waals surface area (Å²) in [5, 5.41) is 7.10. The molecule has 0 spiro atoms. The molecule has 240 valence electrons. The minimum absolute atomic E-state index is 0.256. The van der Waals surface area contributed by atoms with Crippen molar-refractivity contribution in [3.05, 3.63) is 164 Å². The maximum atomic E-state index is 14.3. The summed E-state index contributed by atoms with van der Waals surface area (Å²) < 4.78 is 28.6. The van der Waals surface area contributed by atoms with Gasteiger partial charge in [-0.3, -0.25) is 0 Å². The molecule has 0 N–H and O–H groups in total. The van der Waals surface area contributed by atoms with Crippen LogP contribution in [0.3, 0.4) is 0 Å². The predicted octanol–water partition coefficient (Wildman–Crippen LogP) is 10.8. The van der Waals surface area contributed by atoms with Crippen molar-refractivity contribution in [3.63, 3.8) is 0 Å². The fourth-order valence-corrected chi connectivity index (χ4v) is 9.13. The Hall–Kier alpha value is -6.50. The monoisotopic (exact) mass is 673 g/mol. The molecule has 0 aliphatic carbocycles. The topological polar surface area (TPSA) is 72.8 Å². The molecule has 2 heterocycles. The van der Waals surface area contributed by atoms with Gasteiger partial charge in [-0.15, -0.1) is 0 Å². The quantitative estimate of drug-likeness (QED) is 0.174. The lowest BCUT2D eigenvalue weighted by atomic mass is 9.92. The lowest BCUT2D eigenvalue weighted by molar-refractivity contribution is 0.599. The van der Waals surface area contributed by atoms with E-state index in [1.807, 2.05) is 91.0 Å². The van der Waals surface area contributed by atoms with Crippen molar-refractivity contribution < 1.29 is 8.42 Å². The molecule has 5 nitrogen and oxygen atoms in total. The van der Waals surface area contributed by atoms with Gasteiger partial charge in [-0.05, 0) is 61.6 Å². The van der Waals surface area contributed by atoms with Gasteiger partial charge in [0.2, 0.25) is 9.84 Å². The Kier molecular flexibility index (Phi) is 6.50. The molecular formula is C45H27N3O2S. The molecule has 9 aromatic rings. The van der Waals surface area contributed by atoms with Crippen LogP contribution in [0.5, 0.6) is 0 Å². The van der Waals surface area contributed by atoms with Gasteiger partial charge in [0.1, 0.15) is 0 Å². The summed E-state index contributed by atoms with van der Waals surface area (Å²) in [5.41, 5.74) is 5.49. The first-order chi connectivity index (χ1) is 25.0. The van der Waals surface area contributed by atoms with Gasteiger partial charge in [-0.25, -0.2) is 23.4 Å². The highest BCUT2D eigenvalue weighted by Crippen LogP contribution is 2.46. The SMILES string of the molecule is O=S1(=O)c2cc(-c3ccc4c5ccccc5c5ccccc5c4c3)ccc2-c2ccc(-c3nc(-c4ccccc4)nc(-c4ccccc4)n3)cc21. The molecule has 8 aromatic carbocycles. The number of nitrogens with zero attached hydrogens (tertiary/aromatic N) is 3. The molecule has 10 rings (SSSR count). The third kappa shape index (κ3) is 4.68. The van der Waals surface area contributed by atoms with E-state index < -0.39 is 9.84 Å². The van der Waals surface area contributed by atoms with E-state index in [4.69, 9.17) is 15.0 Å². The van der Waals surface area contributed by atoms with Gasteiger partial charge in [0, 0.05) is 27.8 Å². The molecule has 1 aliphatic rings. The molecule has 6 heteroatoms. The van der Waals surface area contributed by atoms with Crippen LogP contribution in [0.2, 0.25) is 0 Å². The summed E-state index contributed by atoms with van der Waals surface area (Å²) >= 11 is 0. The normalized spacial score (nSPS) is 13.0. The summed E-state index contributed by atoms with van der Waals surface area (Å²) in [6, 6.07) is 54.1. The number of hydrogen-bond donors (Lipinski definition) is 0. The highest BCUT2D eigenvalue weighted by molar-refractivity contribution is 7.92. The van der Waals surface area contributed by atoms with Gasteiger partial charge >= 0.3 is 0 Å². The molecule has 0 unspecified atom stereocenters. The lowest BCUT2D eigenvalue weighted by Crippen LogP contribution is -2.01. The van der Waals surface area contributed by atoms with Crippen LogP contribution in [0.25, 0.3) is 88.7 Å². The van der Waals surface area contributed by atoms with E-state index in [1.165, 1.54) is 26.9 Å². The minimum atomic E-state index is -3.83. The van der Waals surface area contributed by atoms with Gasteiger partial charge in [0.15, 0.2) is 17.5 Å². The van der Waals surface area contributed by atoms with Gasteiger partial charge in [-0.2, -0.15) is 0 Å². The second kappa shape index (κ2) is 11.3. The first-order valence-electron chi connectivity index (χ1n) is 16.8.